The Bertz CT molecular complexity index is 670. The van der Waals surface area contributed by atoms with Crippen LogP contribution >= 0.6 is 11.8 Å². The molecule has 0 aromatic heterocycles. The topological polar surface area (TPSA) is 65.1 Å². The fourth-order valence-electron chi connectivity index (χ4n) is 2.30. The van der Waals surface area contributed by atoms with Gasteiger partial charge in [-0.05, 0) is 42.0 Å². The molecule has 2 heterocycles. The average Bonchev–Trinajstić information content (AvgIpc) is 3.07. The van der Waals surface area contributed by atoms with Gasteiger partial charge in [-0.15, -0.1) is 0 Å². The van der Waals surface area contributed by atoms with Crippen molar-refractivity contribution >= 4 is 29.0 Å². The summed E-state index contributed by atoms with van der Waals surface area (Å²) < 4.78 is 15.9. The van der Waals surface area contributed by atoms with Crippen LogP contribution in [0.2, 0.25) is 0 Å². The molecule has 6 nitrogen and oxygen atoms in total. The van der Waals surface area contributed by atoms with Gasteiger partial charge in [0.1, 0.15) is 0 Å². The minimum absolute atomic E-state index is 0.141. The van der Waals surface area contributed by atoms with E-state index in [4.69, 9.17) is 14.2 Å². The van der Waals surface area contributed by atoms with Gasteiger partial charge in [0.15, 0.2) is 11.5 Å². The molecule has 2 aliphatic heterocycles. The zero-order chi connectivity index (χ0) is 15.7. The van der Waals surface area contributed by atoms with Gasteiger partial charge in [-0.25, -0.2) is 0 Å². The number of carbonyl (C=O) groups is 2. The van der Waals surface area contributed by atoms with Crippen LogP contribution in [0.15, 0.2) is 17.0 Å². The highest BCUT2D eigenvalue weighted by Gasteiger charge is 2.34. The Morgan fingerprint density at radius 3 is 2.91 bits per heavy atom. The number of rotatable bonds is 4. The van der Waals surface area contributed by atoms with E-state index >= 15 is 0 Å². The summed E-state index contributed by atoms with van der Waals surface area (Å²) in [5, 5.41) is -0.231. The van der Waals surface area contributed by atoms with Gasteiger partial charge >= 0.3 is 0 Å². The van der Waals surface area contributed by atoms with E-state index in [9.17, 15) is 9.59 Å². The van der Waals surface area contributed by atoms with Crippen LogP contribution in [0.1, 0.15) is 18.9 Å². The number of hydrogen-bond donors (Lipinski definition) is 0. The van der Waals surface area contributed by atoms with Crippen LogP contribution < -0.4 is 14.2 Å². The Kier molecular flexibility index (Phi) is 3.98. The Hall–Kier alpha value is -2.15. The first kappa shape index (κ1) is 14.8. The normalized spacial score (nSPS) is 18.5. The van der Waals surface area contributed by atoms with E-state index in [0.29, 0.717) is 28.7 Å². The molecule has 0 bridgehead atoms. The molecule has 22 heavy (non-hydrogen) atoms. The maximum atomic E-state index is 12.2. The lowest BCUT2D eigenvalue weighted by atomic mass is 10.1. The second-order valence-electron chi connectivity index (χ2n) is 4.79. The Balaban J connectivity index is 1.93. The van der Waals surface area contributed by atoms with Gasteiger partial charge in [0.2, 0.25) is 12.5 Å². The smallest absolute Gasteiger partial charge is 0.293 e. The summed E-state index contributed by atoms with van der Waals surface area (Å²) in [6, 6.07) is 3.51. The number of amides is 2. The standard InChI is InChI=1S/C15H15NO5S/c1-3-4-16-14(17)12(22-15(16)18)7-9-5-10(19-2)13-11(6-9)20-8-21-13/h5-7H,3-4,8H2,1-2H3/b12-7+. The molecule has 7 heteroatoms. The van der Waals surface area contributed by atoms with Gasteiger partial charge in [-0.2, -0.15) is 0 Å². The zero-order valence-corrected chi connectivity index (χ0v) is 13.1. The van der Waals surface area contributed by atoms with Gasteiger partial charge < -0.3 is 14.2 Å². The van der Waals surface area contributed by atoms with Crippen molar-refractivity contribution in [3.05, 3.63) is 22.6 Å². The Labute approximate surface area is 132 Å². The van der Waals surface area contributed by atoms with Gasteiger partial charge in [-0.3, -0.25) is 14.5 Å². The maximum absolute atomic E-state index is 12.2. The maximum Gasteiger partial charge on any atom is 0.293 e. The number of hydrogen-bond acceptors (Lipinski definition) is 6. The predicted octanol–water partition coefficient (Wildman–Crippen LogP) is 2.87. The molecule has 2 aliphatic rings. The average molecular weight is 321 g/mol. The summed E-state index contributed by atoms with van der Waals surface area (Å²) >= 11 is 0.949. The Morgan fingerprint density at radius 2 is 2.18 bits per heavy atom. The fraction of sp³-hybridized carbons (Fsp3) is 0.333. The van der Waals surface area contributed by atoms with Crippen molar-refractivity contribution in [3.8, 4) is 17.2 Å². The number of carbonyl (C=O) groups excluding carboxylic acids is 2. The van der Waals surface area contributed by atoms with Crippen LogP contribution in [0.5, 0.6) is 17.2 Å². The van der Waals surface area contributed by atoms with Crippen molar-refractivity contribution < 1.29 is 23.8 Å². The van der Waals surface area contributed by atoms with Gasteiger partial charge in [-0.1, -0.05) is 6.92 Å². The summed E-state index contributed by atoms with van der Waals surface area (Å²) in [6.45, 7) is 2.50. The molecule has 0 atom stereocenters. The highest BCUT2D eigenvalue weighted by molar-refractivity contribution is 8.18. The first-order valence-electron chi connectivity index (χ1n) is 6.87. The quantitative estimate of drug-likeness (QED) is 0.795. The van der Waals surface area contributed by atoms with Crippen LogP contribution in [0.4, 0.5) is 4.79 Å². The molecule has 2 amide bonds. The molecule has 116 valence electrons. The molecular weight excluding hydrogens is 306 g/mol. The Morgan fingerprint density at radius 1 is 1.36 bits per heavy atom. The van der Waals surface area contributed by atoms with Gasteiger partial charge in [0.25, 0.3) is 11.1 Å². The number of thioether (sulfide) groups is 1. The predicted molar refractivity (Wildman–Crippen MR) is 82.1 cm³/mol. The van der Waals surface area contributed by atoms with Gasteiger partial charge in [0.05, 0.1) is 12.0 Å². The minimum atomic E-state index is -0.256. The number of methoxy groups -OCH3 is 1. The lowest BCUT2D eigenvalue weighted by molar-refractivity contribution is -0.122. The van der Waals surface area contributed by atoms with Crippen LogP contribution in [0.3, 0.4) is 0 Å². The molecule has 1 aromatic carbocycles. The largest absolute Gasteiger partial charge is 0.493 e. The van der Waals surface area contributed by atoms with E-state index in [1.54, 1.807) is 18.2 Å². The summed E-state index contributed by atoms with van der Waals surface area (Å²) in [5.74, 6) is 1.40. The summed E-state index contributed by atoms with van der Waals surface area (Å²) in [5.41, 5.74) is 0.725. The number of fused-ring (bicyclic) bond motifs is 1. The van der Waals surface area contributed by atoms with Crippen molar-refractivity contribution in [3.63, 3.8) is 0 Å². The molecule has 0 radical (unpaired) electrons. The van der Waals surface area contributed by atoms with E-state index in [2.05, 4.69) is 0 Å². The molecule has 0 saturated carbocycles. The van der Waals surface area contributed by atoms with Crippen LogP contribution in [-0.2, 0) is 4.79 Å². The third kappa shape index (κ3) is 2.52. The third-order valence-corrected chi connectivity index (χ3v) is 4.21. The number of benzene rings is 1. The van der Waals surface area contributed by atoms with E-state index in [1.165, 1.54) is 12.0 Å². The second-order valence-corrected chi connectivity index (χ2v) is 5.78. The van der Waals surface area contributed by atoms with Crippen LogP contribution in [0, 0.1) is 0 Å². The van der Waals surface area contributed by atoms with Crippen LogP contribution in [0.25, 0.3) is 6.08 Å². The summed E-state index contributed by atoms with van der Waals surface area (Å²) in [6.07, 6.45) is 2.41. The summed E-state index contributed by atoms with van der Waals surface area (Å²) in [4.78, 5) is 25.7. The SMILES string of the molecule is CCCN1C(=O)S/C(=C/c2cc(OC)c3c(c2)OCO3)C1=O. The zero-order valence-electron chi connectivity index (χ0n) is 12.3. The first-order valence-corrected chi connectivity index (χ1v) is 7.68. The molecular formula is C15H15NO5S. The molecule has 1 saturated heterocycles. The van der Waals surface area contributed by atoms with E-state index in [1.807, 2.05) is 6.92 Å². The second kappa shape index (κ2) is 5.92. The van der Waals surface area contributed by atoms with Gasteiger partial charge in [0, 0.05) is 6.54 Å². The first-order chi connectivity index (χ1) is 10.6. The molecule has 0 spiro atoms. The monoisotopic (exact) mass is 321 g/mol. The number of imide groups is 1. The third-order valence-electron chi connectivity index (χ3n) is 3.30. The highest BCUT2D eigenvalue weighted by atomic mass is 32.2. The molecule has 1 aromatic rings. The van der Waals surface area contributed by atoms with Crippen molar-refractivity contribution in [2.45, 2.75) is 13.3 Å². The van der Waals surface area contributed by atoms with Crippen molar-refractivity contribution in [2.24, 2.45) is 0 Å². The fourth-order valence-corrected chi connectivity index (χ4v) is 3.17. The lowest BCUT2D eigenvalue weighted by Gasteiger charge is -2.09. The number of nitrogens with zero attached hydrogens (tertiary/aromatic N) is 1. The molecule has 0 unspecified atom stereocenters. The highest BCUT2D eigenvalue weighted by Crippen LogP contribution is 2.43. The van der Waals surface area contributed by atoms with Crippen molar-refractivity contribution in [1.29, 1.82) is 0 Å². The summed E-state index contributed by atoms with van der Waals surface area (Å²) in [7, 11) is 1.54. The minimum Gasteiger partial charge on any atom is -0.493 e. The van der Waals surface area contributed by atoms with Crippen molar-refractivity contribution in [1.82, 2.24) is 4.90 Å². The van der Waals surface area contributed by atoms with Crippen LogP contribution in [-0.4, -0.2) is 36.5 Å². The van der Waals surface area contributed by atoms with E-state index < -0.39 is 0 Å². The number of ether oxygens (including phenoxy) is 3. The molecule has 3 rings (SSSR count). The molecule has 0 N–H and O–H groups in total. The van der Waals surface area contributed by atoms with Crippen molar-refractivity contribution in [2.75, 3.05) is 20.4 Å². The molecule has 1 fully saturated rings. The van der Waals surface area contributed by atoms with E-state index in [0.717, 1.165) is 23.7 Å². The lowest BCUT2D eigenvalue weighted by Crippen LogP contribution is -2.28. The molecule has 0 aliphatic carbocycles. The van der Waals surface area contributed by atoms with E-state index in [-0.39, 0.29) is 17.9 Å².